The lowest BCUT2D eigenvalue weighted by Gasteiger charge is -2.11. The maximum atomic E-state index is 3.43. The molecule has 2 nitrogen and oxygen atoms in total. The van der Waals surface area contributed by atoms with Crippen molar-refractivity contribution in [1.29, 1.82) is 0 Å². The second-order valence-corrected chi connectivity index (χ2v) is 4.09. The molecular weight excluding hydrogens is 144 g/mol. The van der Waals surface area contributed by atoms with E-state index in [4.69, 9.17) is 0 Å². The van der Waals surface area contributed by atoms with Crippen LogP contribution in [0.2, 0.25) is 0 Å². The first-order chi connectivity index (χ1) is 4.90. The zero-order valence-corrected chi connectivity index (χ0v) is 7.16. The second-order valence-electron chi connectivity index (χ2n) is 3.21. The van der Waals surface area contributed by atoms with E-state index >= 15 is 0 Å². The average Bonchev–Trinajstić information content (AvgIpc) is 2.42. The zero-order chi connectivity index (χ0) is 6.97. The Bertz CT molecular complexity index is 117. The van der Waals surface area contributed by atoms with Crippen LogP contribution < -0.4 is 5.32 Å². The summed E-state index contributed by atoms with van der Waals surface area (Å²) in [7, 11) is 0. The van der Waals surface area contributed by atoms with Gasteiger partial charge in [0.1, 0.15) is 0 Å². The van der Waals surface area contributed by atoms with Gasteiger partial charge in [-0.15, -0.1) is 0 Å². The van der Waals surface area contributed by atoms with E-state index < -0.39 is 0 Å². The normalized spacial score (nSPS) is 40.5. The van der Waals surface area contributed by atoms with Gasteiger partial charge in [0.25, 0.3) is 0 Å². The molecule has 3 heteroatoms. The number of rotatable bonds is 1. The van der Waals surface area contributed by atoms with E-state index in [1.165, 1.54) is 26.2 Å². The molecule has 0 aliphatic carbocycles. The third-order valence-electron chi connectivity index (χ3n) is 2.61. The van der Waals surface area contributed by atoms with Crippen molar-refractivity contribution in [2.24, 2.45) is 11.8 Å². The maximum absolute atomic E-state index is 3.43. The van der Waals surface area contributed by atoms with E-state index in [-0.39, 0.29) is 0 Å². The molecular formula is C7H14N2S. The molecule has 0 saturated carbocycles. The van der Waals surface area contributed by atoms with Gasteiger partial charge in [-0.2, -0.15) is 0 Å². The van der Waals surface area contributed by atoms with Crippen molar-refractivity contribution in [2.45, 2.75) is 0 Å². The van der Waals surface area contributed by atoms with Gasteiger partial charge >= 0.3 is 0 Å². The number of hydrogen-bond acceptors (Lipinski definition) is 3. The number of nitrogens with zero attached hydrogens (tertiary/aromatic N) is 1. The van der Waals surface area contributed by atoms with Crippen molar-refractivity contribution in [2.75, 3.05) is 32.4 Å². The molecule has 2 fully saturated rings. The summed E-state index contributed by atoms with van der Waals surface area (Å²) in [6, 6.07) is 0. The molecule has 2 rings (SSSR count). The molecule has 2 aliphatic rings. The maximum Gasteiger partial charge on any atom is 0.0133 e. The molecule has 2 atom stereocenters. The van der Waals surface area contributed by atoms with Crippen LogP contribution in [-0.2, 0) is 0 Å². The Morgan fingerprint density at radius 3 is 2.40 bits per heavy atom. The van der Waals surface area contributed by atoms with Gasteiger partial charge in [0.2, 0.25) is 0 Å². The van der Waals surface area contributed by atoms with E-state index in [0.29, 0.717) is 0 Å². The Hall–Kier alpha value is 0.270. The summed E-state index contributed by atoms with van der Waals surface area (Å²) >= 11 is 1.89. The number of fused-ring (bicyclic) bond motifs is 1. The smallest absolute Gasteiger partial charge is 0.0133 e. The van der Waals surface area contributed by atoms with E-state index in [2.05, 4.69) is 15.9 Å². The third kappa shape index (κ3) is 1.06. The largest absolute Gasteiger partial charge is 0.316 e. The molecule has 0 amide bonds. The van der Waals surface area contributed by atoms with Crippen LogP contribution in [0.15, 0.2) is 0 Å². The minimum absolute atomic E-state index is 0.951. The van der Waals surface area contributed by atoms with Gasteiger partial charge in [0.05, 0.1) is 0 Å². The van der Waals surface area contributed by atoms with Crippen LogP contribution in [-0.4, -0.2) is 36.7 Å². The lowest BCUT2D eigenvalue weighted by atomic mass is 10.0. The first-order valence-corrected chi connectivity index (χ1v) is 5.08. The standard InChI is InChI=1S/C7H14N2S/c1-10-9-4-6-2-8-3-7(6)5-9/h6-8H,2-5H2,1H3. The highest BCUT2D eigenvalue weighted by Gasteiger charge is 2.35. The predicted molar refractivity (Wildman–Crippen MR) is 44.9 cm³/mol. The second kappa shape index (κ2) is 2.72. The first-order valence-electron chi connectivity index (χ1n) is 3.90. The minimum atomic E-state index is 0.951. The topological polar surface area (TPSA) is 15.3 Å². The van der Waals surface area contributed by atoms with Crippen molar-refractivity contribution in [3.63, 3.8) is 0 Å². The SMILES string of the molecule is CSN1CC2CNCC2C1. The van der Waals surface area contributed by atoms with Crippen LogP contribution in [0.25, 0.3) is 0 Å². The van der Waals surface area contributed by atoms with Crippen molar-refractivity contribution in [3.8, 4) is 0 Å². The van der Waals surface area contributed by atoms with Gasteiger partial charge in [0.15, 0.2) is 0 Å². The lowest BCUT2D eigenvalue weighted by Crippen LogP contribution is -2.19. The van der Waals surface area contributed by atoms with Gasteiger partial charge in [-0.05, 0) is 31.2 Å². The van der Waals surface area contributed by atoms with Crippen molar-refractivity contribution in [1.82, 2.24) is 9.62 Å². The molecule has 0 radical (unpaired) electrons. The number of hydrogen-bond donors (Lipinski definition) is 1. The molecule has 0 aromatic heterocycles. The molecule has 1 N–H and O–H groups in total. The summed E-state index contributed by atoms with van der Waals surface area (Å²) in [5.74, 6) is 1.90. The van der Waals surface area contributed by atoms with Crippen LogP contribution in [0.5, 0.6) is 0 Å². The number of nitrogens with one attached hydrogen (secondary N) is 1. The monoisotopic (exact) mass is 158 g/mol. The van der Waals surface area contributed by atoms with Gasteiger partial charge in [0, 0.05) is 13.1 Å². The van der Waals surface area contributed by atoms with Gasteiger partial charge < -0.3 is 5.32 Å². The molecule has 0 aromatic carbocycles. The van der Waals surface area contributed by atoms with Gasteiger partial charge in [-0.1, -0.05) is 11.9 Å². The van der Waals surface area contributed by atoms with E-state index in [1.807, 2.05) is 11.9 Å². The van der Waals surface area contributed by atoms with Crippen LogP contribution >= 0.6 is 11.9 Å². The zero-order valence-electron chi connectivity index (χ0n) is 6.34. The summed E-state index contributed by atoms with van der Waals surface area (Å²) in [5, 5.41) is 3.43. The van der Waals surface area contributed by atoms with Crippen LogP contribution in [0, 0.1) is 11.8 Å². The summed E-state index contributed by atoms with van der Waals surface area (Å²) in [4.78, 5) is 0. The Kier molecular flexibility index (Phi) is 1.89. The van der Waals surface area contributed by atoms with Crippen LogP contribution in [0.3, 0.4) is 0 Å². The average molecular weight is 158 g/mol. The molecule has 0 aromatic rings. The molecule has 2 aliphatic heterocycles. The minimum Gasteiger partial charge on any atom is -0.316 e. The summed E-state index contributed by atoms with van der Waals surface area (Å²) < 4.78 is 2.48. The van der Waals surface area contributed by atoms with Crippen LogP contribution in [0.1, 0.15) is 0 Å². The third-order valence-corrected chi connectivity index (χ3v) is 3.43. The summed E-state index contributed by atoms with van der Waals surface area (Å²) in [5.41, 5.74) is 0. The fourth-order valence-corrected chi connectivity index (χ4v) is 2.64. The first kappa shape index (κ1) is 6.95. The lowest BCUT2D eigenvalue weighted by molar-refractivity contribution is 0.522. The van der Waals surface area contributed by atoms with E-state index in [0.717, 1.165) is 11.8 Å². The molecule has 2 heterocycles. The highest BCUT2D eigenvalue weighted by Crippen LogP contribution is 2.29. The predicted octanol–water partition coefficient (Wildman–Crippen LogP) is 0.416. The molecule has 0 bridgehead atoms. The highest BCUT2D eigenvalue weighted by atomic mass is 32.2. The highest BCUT2D eigenvalue weighted by molar-refractivity contribution is 7.96. The van der Waals surface area contributed by atoms with Gasteiger partial charge in [-0.25, -0.2) is 0 Å². The van der Waals surface area contributed by atoms with Crippen molar-refractivity contribution >= 4 is 11.9 Å². The van der Waals surface area contributed by atoms with Crippen molar-refractivity contribution in [3.05, 3.63) is 0 Å². The molecule has 58 valence electrons. The van der Waals surface area contributed by atoms with Crippen LogP contribution in [0.4, 0.5) is 0 Å². The Morgan fingerprint density at radius 1 is 1.30 bits per heavy atom. The summed E-state index contributed by atoms with van der Waals surface area (Å²) in [6.45, 7) is 5.11. The van der Waals surface area contributed by atoms with Gasteiger partial charge in [-0.3, -0.25) is 4.31 Å². The Balaban J connectivity index is 1.94. The quantitative estimate of drug-likeness (QED) is 0.557. The Labute approximate surface area is 66.5 Å². The fraction of sp³-hybridized carbons (Fsp3) is 1.00. The van der Waals surface area contributed by atoms with E-state index in [1.54, 1.807) is 0 Å². The Morgan fingerprint density at radius 2 is 1.90 bits per heavy atom. The molecule has 0 spiro atoms. The van der Waals surface area contributed by atoms with Crippen molar-refractivity contribution < 1.29 is 0 Å². The fourth-order valence-electron chi connectivity index (χ4n) is 1.96. The molecule has 2 saturated heterocycles. The summed E-state index contributed by atoms with van der Waals surface area (Å²) in [6.07, 6.45) is 2.18. The van der Waals surface area contributed by atoms with E-state index in [9.17, 15) is 0 Å². The molecule has 2 unspecified atom stereocenters. The molecule has 10 heavy (non-hydrogen) atoms.